The van der Waals surface area contributed by atoms with Gasteiger partial charge in [-0.05, 0) is 18.6 Å². The van der Waals surface area contributed by atoms with Crippen LogP contribution in [0.25, 0.3) is 0 Å². The fraction of sp³-hybridized carbons (Fsp3) is 0.615. The zero-order chi connectivity index (χ0) is 15.1. The van der Waals surface area contributed by atoms with E-state index in [1.165, 1.54) is 0 Å². The van der Waals surface area contributed by atoms with Gasteiger partial charge in [0.2, 0.25) is 0 Å². The highest BCUT2D eigenvalue weighted by Gasteiger charge is 2.14. The fourth-order valence-corrected chi connectivity index (χ4v) is 2.47. The lowest BCUT2D eigenvalue weighted by molar-refractivity contribution is -0.142. The van der Waals surface area contributed by atoms with E-state index in [0.29, 0.717) is 17.5 Å². The van der Waals surface area contributed by atoms with Crippen molar-refractivity contribution in [3.63, 3.8) is 0 Å². The zero-order valence-corrected chi connectivity index (χ0v) is 12.9. The normalized spacial score (nSPS) is 10.8. The first-order valence-electron chi connectivity index (χ1n) is 6.55. The topological polar surface area (TPSA) is 98.1 Å². The minimum atomic E-state index is -0.478. The maximum absolute atomic E-state index is 11.9. The molecule has 6 nitrogen and oxygen atoms in total. The number of aromatic amines is 1. The number of ether oxygens (including phenoxy) is 1. The summed E-state index contributed by atoms with van der Waals surface area (Å²) in [7, 11) is 0. The van der Waals surface area contributed by atoms with Gasteiger partial charge in [-0.15, -0.1) is 0 Å². The van der Waals surface area contributed by atoms with Gasteiger partial charge in [0, 0.05) is 0 Å². The highest BCUT2D eigenvalue weighted by molar-refractivity contribution is 7.98. The second-order valence-electron chi connectivity index (χ2n) is 4.77. The molecule has 0 amide bonds. The van der Waals surface area contributed by atoms with Crippen LogP contribution >= 0.6 is 11.8 Å². The number of thioether (sulfide) groups is 1. The average Bonchev–Trinajstić information content (AvgIpc) is 2.34. The first kappa shape index (κ1) is 16.6. The van der Waals surface area contributed by atoms with Crippen molar-refractivity contribution < 1.29 is 9.53 Å². The van der Waals surface area contributed by atoms with Crippen molar-refractivity contribution in [1.29, 1.82) is 0 Å². The summed E-state index contributed by atoms with van der Waals surface area (Å²) in [6, 6.07) is 0. The first-order valence-corrected chi connectivity index (χ1v) is 7.70. The van der Waals surface area contributed by atoms with Crippen LogP contribution in [0.1, 0.15) is 32.2 Å². The van der Waals surface area contributed by atoms with Crippen LogP contribution in [0.2, 0.25) is 0 Å². The number of nitrogen functional groups attached to an aromatic ring is 1. The predicted octanol–water partition coefficient (Wildman–Crippen LogP) is 1.35. The Morgan fingerprint density at radius 1 is 1.50 bits per heavy atom. The Morgan fingerprint density at radius 3 is 2.75 bits per heavy atom. The van der Waals surface area contributed by atoms with Crippen LogP contribution in [0, 0.1) is 5.92 Å². The number of hydrogen-bond donors (Lipinski definition) is 2. The molecule has 0 unspecified atom stereocenters. The third-order valence-corrected chi connectivity index (χ3v) is 3.79. The van der Waals surface area contributed by atoms with E-state index >= 15 is 0 Å². The third-order valence-electron chi connectivity index (χ3n) is 2.41. The first-order chi connectivity index (χ1) is 9.43. The Kier molecular flexibility index (Phi) is 6.57. The standard InChI is InChI=1S/C13H21N3O3S/c1-4-19-11(17)5-9-12(14)15-10(16-13(9)18)7-20-6-8(2)3/h8H,4-7H2,1-3H3,(H3,14,15,16,18). The van der Waals surface area contributed by atoms with Crippen molar-refractivity contribution in [2.45, 2.75) is 32.9 Å². The lowest BCUT2D eigenvalue weighted by atomic mass is 10.2. The highest BCUT2D eigenvalue weighted by atomic mass is 32.2. The molecule has 0 saturated heterocycles. The number of carbonyl (C=O) groups is 1. The van der Waals surface area contributed by atoms with Gasteiger partial charge in [0.25, 0.3) is 5.56 Å². The van der Waals surface area contributed by atoms with Gasteiger partial charge in [-0.2, -0.15) is 11.8 Å². The van der Waals surface area contributed by atoms with Crippen LogP contribution in [0.4, 0.5) is 5.82 Å². The molecule has 0 bridgehead atoms. The van der Waals surface area contributed by atoms with Gasteiger partial charge in [0.1, 0.15) is 11.6 Å². The van der Waals surface area contributed by atoms with E-state index in [1.807, 2.05) is 0 Å². The van der Waals surface area contributed by atoms with Gasteiger partial charge in [-0.25, -0.2) is 4.98 Å². The zero-order valence-electron chi connectivity index (χ0n) is 12.1. The van der Waals surface area contributed by atoms with E-state index in [-0.39, 0.29) is 30.0 Å². The summed E-state index contributed by atoms with van der Waals surface area (Å²) >= 11 is 1.68. The summed E-state index contributed by atoms with van der Waals surface area (Å²) in [5.74, 6) is 2.30. The Morgan fingerprint density at radius 2 is 2.20 bits per heavy atom. The molecule has 1 rings (SSSR count). The van der Waals surface area contributed by atoms with Crippen LogP contribution in [-0.4, -0.2) is 28.3 Å². The third kappa shape index (κ3) is 5.24. The summed E-state index contributed by atoms with van der Waals surface area (Å²) in [5, 5.41) is 0. The van der Waals surface area contributed by atoms with Crippen molar-refractivity contribution in [2.24, 2.45) is 5.92 Å². The fourth-order valence-electron chi connectivity index (χ4n) is 1.55. The quantitative estimate of drug-likeness (QED) is 0.737. The number of anilines is 1. The van der Waals surface area contributed by atoms with Crippen molar-refractivity contribution in [3.8, 4) is 0 Å². The largest absolute Gasteiger partial charge is 0.466 e. The smallest absolute Gasteiger partial charge is 0.310 e. The Labute approximate surface area is 122 Å². The van der Waals surface area contributed by atoms with Crippen LogP contribution in [0.15, 0.2) is 4.79 Å². The number of nitrogens with two attached hydrogens (primary N) is 1. The molecule has 0 spiro atoms. The van der Waals surface area contributed by atoms with Crippen LogP contribution in [0.5, 0.6) is 0 Å². The molecule has 1 aromatic rings. The molecule has 0 fully saturated rings. The number of rotatable bonds is 7. The molecule has 3 N–H and O–H groups in total. The molecule has 0 atom stereocenters. The minimum absolute atomic E-state index is 0.0990. The summed E-state index contributed by atoms with van der Waals surface area (Å²) in [6.45, 7) is 6.23. The van der Waals surface area contributed by atoms with Gasteiger partial charge in [-0.1, -0.05) is 13.8 Å². The van der Waals surface area contributed by atoms with Gasteiger partial charge < -0.3 is 15.5 Å². The number of hydrogen-bond acceptors (Lipinski definition) is 6. The van der Waals surface area contributed by atoms with E-state index in [0.717, 1.165) is 5.75 Å². The molecule has 0 aliphatic rings. The summed E-state index contributed by atoms with van der Waals surface area (Å²) in [5.41, 5.74) is 5.55. The monoisotopic (exact) mass is 299 g/mol. The second-order valence-corrected chi connectivity index (χ2v) is 5.80. The molecule has 112 valence electrons. The van der Waals surface area contributed by atoms with E-state index in [9.17, 15) is 9.59 Å². The SMILES string of the molecule is CCOC(=O)Cc1c(N)nc(CSCC(C)C)[nH]c1=O. The maximum Gasteiger partial charge on any atom is 0.310 e. The molecule has 0 radical (unpaired) electrons. The Balaban J connectivity index is 2.76. The average molecular weight is 299 g/mol. The van der Waals surface area contributed by atoms with Crippen LogP contribution in [0.3, 0.4) is 0 Å². The molecule has 7 heteroatoms. The van der Waals surface area contributed by atoms with Gasteiger partial charge in [0.15, 0.2) is 0 Å². The van der Waals surface area contributed by atoms with Crippen molar-refractivity contribution in [3.05, 3.63) is 21.7 Å². The summed E-state index contributed by atoms with van der Waals surface area (Å²) in [6.07, 6.45) is -0.151. The number of aromatic nitrogens is 2. The maximum atomic E-state index is 11.9. The molecule has 1 heterocycles. The lowest BCUT2D eigenvalue weighted by Gasteiger charge is -2.07. The van der Waals surface area contributed by atoms with E-state index in [2.05, 4.69) is 23.8 Å². The van der Waals surface area contributed by atoms with Gasteiger partial charge in [-0.3, -0.25) is 9.59 Å². The Hall–Kier alpha value is -1.50. The highest BCUT2D eigenvalue weighted by Crippen LogP contribution is 2.13. The molecule has 0 aliphatic carbocycles. The molecular formula is C13H21N3O3S. The van der Waals surface area contributed by atoms with Gasteiger partial charge in [0.05, 0.1) is 24.3 Å². The predicted molar refractivity (Wildman–Crippen MR) is 80.6 cm³/mol. The van der Waals surface area contributed by atoms with Crippen molar-refractivity contribution in [2.75, 3.05) is 18.1 Å². The number of nitrogens with zero attached hydrogens (tertiary/aromatic N) is 1. The minimum Gasteiger partial charge on any atom is -0.466 e. The van der Waals surface area contributed by atoms with E-state index in [4.69, 9.17) is 10.5 Å². The summed E-state index contributed by atoms with van der Waals surface area (Å²) in [4.78, 5) is 30.1. The lowest BCUT2D eigenvalue weighted by Crippen LogP contribution is -2.23. The second kappa shape index (κ2) is 7.94. The molecule has 20 heavy (non-hydrogen) atoms. The summed E-state index contributed by atoms with van der Waals surface area (Å²) < 4.78 is 4.80. The molecule has 0 aromatic carbocycles. The molecule has 1 aromatic heterocycles. The molecular weight excluding hydrogens is 278 g/mol. The van der Waals surface area contributed by atoms with Crippen molar-refractivity contribution in [1.82, 2.24) is 9.97 Å². The van der Waals surface area contributed by atoms with E-state index in [1.54, 1.807) is 18.7 Å². The number of H-pyrrole nitrogens is 1. The van der Waals surface area contributed by atoms with Crippen LogP contribution in [-0.2, 0) is 21.7 Å². The number of carbonyl (C=O) groups excluding carboxylic acids is 1. The number of nitrogens with one attached hydrogen (secondary N) is 1. The van der Waals surface area contributed by atoms with E-state index < -0.39 is 5.97 Å². The molecule has 0 aliphatic heterocycles. The Bertz CT molecular complexity index is 514. The molecule has 0 saturated carbocycles. The van der Waals surface area contributed by atoms with Gasteiger partial charge >= 0.3 is 5.97 Å². The number of esters is 1. The van der Waals surface area contributed by atoms with Crippen LogP contribution < -0.4 is 11.3 Å². The van der Waals surface area contributed by atoms with Crippen molar-refractivity contribution >= 4 is 23.5 Å².